The molecular weight excluding hydrogens is 472 g/mol. The molecule has 1 fully saturated rings. The summed E-state index contributed by atoms with van der Waals surface area (Å²) in [6.07, 6.45) is 9.50. The van der Waals surface area contributed by atoms with E-state index in [1.54, 1.807) is 18.1 Å². The van der Waals surface area contributed by atoms with Crippen LogP contribution in [0.15, 0.2) is 72.9 Å². The Kier molecular flexibility index (Phi) is 8.48. The quantitative estimate of drug-likeness (QED) is 0.286. The van der Waals surface area contributed by atoms with E-state index < -0.39 is 0 Å². The van der Waals surface area contributed by atoms with Gasteiger partial charge < -0.3 is 14.2 Å². The first kappa shape index (κ1) is 23.9. The van der Waals surface area contributed by atoms with Crippen LogP contribution in [0.5, 0.6) is 5.75 Å². The van der Waals surface area contributed by atoms with E-state index in [9.17, 15) is 0 Å². The van der Waals surface area contributed by atoms with Gasteiger partial charge in [-0.2, -0.15) is 0 Å². The van der Waals surface area contributed by atoms with Gasteiger partial charge in [0.1, 0.15) is 11.9 Å². The lowest BCUT2D eigenvalue weighted by atomic mass is 10.1. The van der Waals surface area contributed by atoms with Crippen LogP contribution in [-0.4, -0.2) is 50.9 Å². The molecule has 172 valence electrons. The first-order valence-electron chi connectivity index (χ1n) is 10.9. The molecule has 2 aromatic carbocycles. The van der Waals surface area contributed by atoms with Crippen LogP contribution in [0.4, 0.5) is 5.69 Å². The summed E-state index contributed by atoms with van der Waals surface area (Å²) in [5.74, 6) is 0.857. The van der Waals surface area contributed by atoms with Crippen molar-refractivity contribution in [2.24, 2.45) is 0 Å². The van der Waals surface area contributed by atoms with Crippen molar-refractivity contribution in [3.8, 4) is 5.75 Å². The number of nitrogens with zero attached hydrogens (tertiary/aromatic N) is 4. The lowest BCUT2D eigenvalue weighted by molar-refractivity contribution is 0.170. The molecule has 1 saturated heterocycles. The number of anilines is 1. The van der Waals surface area contributed by atoms with E-state index in [4.69, 9.17) is 28.6 Å². The highest BCUT2D eigenvalue weighted by Gasteiger charge is 2.22. The van der Waals surface area contributed by atoms with E-state index in [-0.39, 0.29) is 6.10 Å². The van der Waals surface area contributed by atoms with E-state index in [1.165, 1.54) is 5.56 Å². The third-order valence-corrected chi connectivity index (χ3v) is 7.01. The molecule has 0 saturated carbocycles. The predicted octanol–water partition coefficient (Wildman–Crippen LogP) is 5.50. The molecule has 1 aromatic heterocycles. The van der Waals surface area contributed by atoms with Crippen LogP contribution >= 0.6 is 35.8 Å². The number of ether oxygens (including phenoxy) is 1. The molecule has 4 rings (SSSR count). The second kappa shape index (κ2) is 11.7. The molecule has 8 heteroatoms. The monoisotopic (exact) mass is 498 g/mol. The lowest BCUT2D eigenvalue weighted by Crippen LogP contribution is -2.41. The summed E-state index contributed by atoms with van der Waals surface area (Å²) >= 11 is 12.9. The van der Waals surface area contributed by atoms with Crippen molar-refractivity contribution in [2.45, 2.75) is 25.5 Å². The highest BCUT2D eigenvalue weighted by molar-refractivity contribution is 7.96. The molecule has 0 bridgehead atoms. The first-order valence-corrected chi connectivity index (χ1v) is 12.9. The molecule has 3 aromatic rings. The van der Waals surface area contributed by atoms with Crippen molar-refractivity contribution >= 4 is 46.5 Å². The highest BCUT2D eigenvalue weighted by Crippen LogP contribution is 2.27. The summed E-state index contributed by atoms with van der Waals surface area (Å²) in [7, 11) is 0. The average molecular weight is 499 g/mol. The molecule has 33 heavy (non-hydrogen) atoms. The molecule has 1 unspecified atom stereocenters. The number of hydrogen-bond donors (Lipinski definition) is 0. The third-order valence-electron chi connectivity index (χ3n) is 5.69. The maximum atomic E-state index is 6.42. The molecule has 0 radical (unpaired) electrons. The molecule has 0 amide bonds. The Morgan fingerprint density at radius 3 is 2.61 bits per heavy atom. The summed E-state index contributed by atoms with van der Waals surface area (Å²) < 4.78 is 10.8. The number of aromatic nitrogens is 2. The van der Waals surface area contributed by atoms with Gasteiger partial charge in [-0.3, -0.25) is 0 Å². The molecular formula is C25H27ClN4OS2. The van der Waals surface area contributed by atoms with Crippen molar-refractivity contribution in [2.75, 3.05) is 30.8 Å². The van der Waals surface area contributed by atoms with Crippen LogP contribution < -0.4 is 9.64 Å². The third kappa shape index (κ3) is 6.62. The topological polar surface area (TPSA) is 33.5 Å². The molecule has 1 aliphatic rings. The fourth-order valence-electron chi connectivity index (χ4n) is 3.90. The Morgan fingerprint density at radius 2 is 1.94 bits per heavy atom. The number of thiocarbonyl (C=S) groups is 1. The molecule has 0 aliphatic carbocycles. The zero-order valence-corrected chi connectivity index (χ0v) is 21.0. The number of hydrogen-bond acceptors (Lipinski definition) is 6. The molecule has 0 N–H and O–H groups in total. The van der Waals surface area contributed by atoms with Gasteiger partial charge in [0.25, 0.3) is 0 Å². The maximum Gasteiger partial charge on any atom is 0.119 e. The van der Waals surface area contributed by atoms with Crippen LogP contribution in [0.3, 0.4) is 0 Å². The second-order valence-electron chi connectivity index (χ2n) is 7.90. The summed E-state index contributed by atoms with van der Waals surface area (Å²) in [5.41, 5.74) is 3.39. The van der Waals surface area contributed by atoms with Gasteiger partial charge in [-0.15, -0.1) is 0 Å². The number of halogens is 1. The van der Waals surface area contributed by atoms with Crippen LogP contribution in [-0.2, 0) is 13.0 Å². The van der Waals surface area contributed by atoms with Crippen molar-refractivity contribution in [1.29, 1.82) is 0 Å². The van der Waals surface area contributed by atoms with Gasteiger partial charge >= 0.3 is 0 Å². The molecule has 1 atom stereocenters. The van der Waals surface area contributed by atoms with Crippen LogP contribution in [0.2, 0.25) is 5.02 Å². The average Bonchev–Trinajstić information content (AvgIpc) is 3.37. The van der Waals surface area contributed by atoms with Crippen molar-refractivity contribution < 1.29 is 4.74 Å². The van der Waals surface area contributed by atoms with E-state index in [2.05, 4.69) is 54.3 Å². The van der Waals surface area contributed by atoms with Gasteiger partial charge in [0.2, 0.25) is 0 Å². The van der Waals surface area contributed by atoms with Gasteiger partial charge in [-0.1, -0.05) is 35.7 Å². The normalized spacial score (nSPS) is 15.3. The summed E-state index contributed by atoms with van der Waals surface area (Å²) in [5, 5.41) is 3.70. The number of rotatable bonds is 9. The summed E-state index contributed by atoms with van der Waals surface area (Å²) in [4.78, 5) is 6.41. The molecule has 2 heterocycles. The van der Waals surface area contributed by atoms with Gasteiger partial charge in [-0.05, 0) is 78.3 Å². The fraction of sp³-hybridized carbons (Fsp3) is 0.320. The van der Waals surface area contributed by atoms with Crippen LogP contribution in [0.25, 0.3) is 0 Å². The molecule has 1 aliphatic heterocycles. The zero-order valence-electron chi connectivity index (χ0n) is 18.6. The number of aryl methyl sites for hydroxylation is 1. The Hall–Kier alpha value is -2.28. The van der Waals surface area contributed by atoms with E-state index in [0.29, 0.717) is 0 Å². The number of piperazine rings is 1. The van der Waals surface area contributed by atoms with Gasteiger partial charge in [-0.25, -0.2) is 9.29 Å². The summed E-state index contributed by atoms with van der Waals surface area (Å²) in [6.45, 7) is 3.42. The highest BCUT2D eigenvalue weighted by atomic mass is 35.5. The Balaban J connectivity index is 1.43. The largest absolute Gasteiger partial charge is 0.489 e. The predicted molar refractivity (Wildman–Crippen MR) is 141 cm³/mol. The fourth-order valence-corrected chi connectivity index (χ4v) is 4.72. The van der Waals surface area contributed by atoms with Crippen LogP contribution in [0.1, 0.15) is 12.0 Å². The minimum absolute atomic E-state index is 0.0160. The van der Waals surface area contributed by atoms with E-state index in [0.717, 1.165) is 61.2 Å². The zero-order chi connectivity index (χ0) is 23.0. The lowest BCUT2D eigenvalue weighted by Gasteiger charge is -2.35. The maximum absolute atomic E-state index is 6.42. The molecule has 0 spiro atoms. The van der Waals surface area contributed by atoms with Crippen LogP contribution in [0, 0.1) is 0 Å². The minimum Gasteiger partial charge on any atom is -0.489 e. The SMILES string of the molecule is CSN1CCN(c2ccc(OC(CCc3ccc(Cl)cc3)Cn3ccnc3)cc2)C(=C=S)C1. The Labute approximate surface area is 210 Å². The van der Waals surface area contributed by atoms with Crippen molar-refractivity contribution in [3.05, 3.63) is 83.5 Å². The molecule has 5 nitrogen and oxygen atoms in total. The van der Waals surface area contributed by atoms with Gasteiger partial charge in [0.05, 0.1) is 25.1 Å². The first-order chi connectivity index (χ1) is 16.1. The van der Waals surface area contributed by atoms with E-state index >= 15 is 0 Å². The summed E-state index contributed by atoms with van der Waals surface area (Å²) in [6, 6.07) is 16.3. The van der Waals surface area contributed by atoms with E-state index in [1.807, 2.05) is 36.8 Å². The van der Waals surface area contributed by atoms with Gasteiger partial charge in [0, 0.05) is 36.2 Å². The van der Waals surface area contributed by atoms with Gasteiger partial charge in [0.15, 0.2) is 0 Å². The standard InChI is InChI=1S/C25H27ClN4OS2/c1-33-29-14-15-30(23(16-29)18-32)22-7-10-24(11-8-22)31-25(17-28-13-12-27-19-28)9-4-20-2-5-21(26)6-3-20/h2-3,5-8,10-13,19,25H,4,9,14-17H2,1H3. The van der Waals surface area contributed by atoms with Crippen molar-refractivity contribution in [3.63, 3.8) is 0 Å². The Bertz CT molecular complexity index is 1070. The number of imidazole rings is 1. The minimum atomic E-state index is 0.0160. The number of benzene rings is 2. The second-order valence-corrected chi connectivity index (χ2v) is 9.43. The smallest absolute Gasteiger partial charge is 0.119 e. The van der Waals surface area contributed by atoms with Crippen molar-refractivity contribution in [1.82, 2.24) is 13.9 Å². The Morgan fingerprint density at radius 1 is 1.15 bits per heavy atom.